The first-order valence-electron chi connectivity index (χ1n) is 6.72. The van der Waals surface area contributed by atoms with Gasteiger partial charge in [-0.15, -0.1) is 0 Å². The van der Waals surface area contributed by atoms with Gasteiger partial charge in [-0.25, -0.2) is 0 Å². The molecule has 0 amide bonds. The van der Waals surface area contributed by atoms with Crippen LogP contribution in [0.3, 0.4) is 0 Å². The van der Waals surface area contributed by atoms with Crippen LogP contribution < -0.4 is 5.32 Å². The van der Waals surface area contributed by atoms with E-state index in [4.69, 9.17) is 5.26 Å². The Kier molecular flexibility index (Phi) is 5.42. The molecule has 2 N–H and O–H groups in total. The van der Waals surface area contributed by atoms with Crippen LogP contribution in [0.1, 0.15) is 52.4 Å². The van der Waals surface area contributed by atoms with Crippen LogP contribution in [0.5, 0.6) is 0 Å². The van der Waals surface area contributed by atoms with Crippen molar-refractivity contribution in [3.05, 3.63) is 0 Å². The molecule has 98 valence electrons. The van der Waals surface area contributed by atoms with Gasteiger partial charge in [-0.2, -0.15) is 5.26 Å². The molecule has 1 aliphatic carbocycles. The summed E-state index contributed by atoms with van der Waals surface area (Å²) in [7, 11) is 0. The molecule has 0 saturated heterocycles. The first-order valence-corrected chi connectivity index (χ1v) is 6.72. The van der Waals surface area contributed by atoms with Crippen molar-refractivity contribution in [2.75, 3.05) is 19.7 Å². The topological polar surface area (TPSA) is 56.0 Å². The summed E-state index contributed by atoms with van der Waals surface area (Å²) in [5.41, 5.74) is 0.302. The molecule has 3 nitrogen and oxygen atoms in total. The fraction of sp³-hybridized carbons (Fsp3) is 0.929. The lowest BCUT2D eigenvalue weighted by atomic mass is 9.85. The van der Waals surface area contributed by atoms with E-state index in [1.807, 2.05) is 0 Å². The molecule has 0 aromatic heterocycles. The third-order valence-corrected chi connectivity index (χ3v) is 4.02. The molecule has 0 radical (unpaired) electrons. The van der Waals surface area contributed by atoms with Gasteiger partial charge in [0.15, 0.2) is 0 Å². The highest BCUT2D eigenvalue weighted by Crippen LogP contribution is 2.37. The molecule has 0 heterocycles. The van der Waals surface area contributed by atoms with Gasteiger partial charge < -0.3 is 10.4 Å². The molecule has 0 atom stereocenters. The highest BCUT2D eigenvalue weighted by atomic mass is 16.3. The Bertz CT molecular complexity index is 262. The standard InChI is InChI=1S/C14H26N2O/c1-13(2,6-5-9-15)10-16-11-14(12-17)7-3-4-8-14/h16-17H,3-8,10-12H2,1-2H3. The van der Waals surface area contributed by atoms with Crippen LogP contribution in [0.2, 0.25) is 0 Å². The average molecular weight is 238 g/mol. The minimum atomic E-state index is 0.130. The molecule has 0 unspecified atom stereocenters. The number of rotatable bonds is 7. The van der Waals surface area contributed by atoms with E-state index in [2.05, 4.69) is 25.2 Å². The van der Waals surface area contributed by atoms with Crippen LogP contribution in [-0.2, 0) is 0 Å². The normalized spacial score (nSPS) is 19.2. The second kappa shape index (κ2) is 6.37. The smallest absolute Gasteiger partial charge is 0.0621 e. The van der Waals surface area contributed by atoms with Gasteiger partial charge in [0.05, 0.1) is 6.07 Å². The Labute approximate surface area is 105 Å². The molecule has 0 aliphatic heterocycles. The maximum absolute atomic E-state index is 9.50. The number of nitrogens with zero attached hydrogens (tertiary/aromatic N) is 1. The van der Waals surface area contributed by atoms with Gasteiger partial charge in [0, 0.05) is 31.5 Å². The molecule has 0 spiro atoms. The number of aliphatic hydroxyl groups is 1. The second-order valence-electron chi connectivity index (χ2n) is 6.29. The summed E-state index contributed by atoms with van der Waals surface area (Å²) >= 11 is 0. The highest BCUT2D eigenvalue weighted by Gasteiger charge is 2.33. The predicted octanol–water partition coefficient (Wildman–Crippen LogP) is 2.46. The van der Waals surface area contributed by atoms with E-state index >= 15 is 0 Å². The Hall–Kier alpha value is -0.590. The predicted molar refractivity (Wildman–Crippen MR) is 69.5 cm³/mol. The fourth-order valence-electron chi connectivity index (χ4n) is 2.66. The second-order valence-corrected chi connectivity index (χ2v) is 6.29. The van der Waals surface area contributed by atoms with E-state index in [1.54, 1.807) is 0 Å². The summed E-state index contributed by atoms with van der Waals surface area (Å²) in [4.78, 5) is 0. The molecule has 0 bridgehead atoms. The first kappa shape index (κ1) is 14.5. The summed E-state index contributed by atoms with van der Waals surface area (Å²) in [5.74, 6) is 0. The quantitative estimate of drug-likeness (QED) is 0.716. The number of hydrogen-bond acceptors (Lipinski definition) is 3. The summed E-state index contributed by atoms with van der Waals surface area (Å²) < 4.78 is 0. The Morgan fingerprint density at radius 3 is 2.53 bits per heavy atom. The molecule has 1 saturated carbocycles. The molecule has 0 aromatic carbocycles. The van der Waals surface area contributed by atoms with Gasteiger partial charge >= 0.3 is 0 Å². The maximum Gasteiger partial charge on any atom is 0.0621 e. The molecule has 17 heavy (non-hydrogen) atoms. The lowest BCUT2D eigenvalue weighted by Crippen LogP contribution is -2.39. The van der Waals surface area contributed by atoms with Gasteiger partial charge in [0.2, 0.25) is 0 Å². The number of aliphatic hydroxyl groups excluding tert-OH is 1. The fourth-order valence-corrected chi connectivity index (χ4v) is 2.66. The van der Waals surface area contributed by atoms with Gasteiger partial charge in [0.1, 0.15) is 0 Å². The van der Waals surface area contributed by atoms with Crippen molar-refractivity contribution in [1.29, 1.82) is 5.26 Å². The highest BCUT2D eigenvalue weighted by molar-refractivity contribution is 4.87. The van der Waals surface area contributed by atoms with Gasteiger partial charge in [-0.05, 0) is 24.7 Å². The van der Waals surface area contributed by atoms with E-state index in [0.717, 1.165) is 32.4 Å². The van der Waals surface area contributed by atoms with E-state index in [9.17, 15) is 5.11 Å². The minimum absolute atomic E-state index is 0.130. The number of nitriles is 1. The molecule has 0 aromatic rings. The largest absolute Gasteiger partial charge is 0.396 e. The van der Waals surface area contributed by atoms with Gasteiger partial charge in [-0.1, -0.05) is 26.7 Å². The third-order valence-electron chi connectivity index (χ3n) is 4.02. The molecule has 1 fully saturated rings. The van der Waals surface area contributed by atoms with E-state index in [-0.39, 0.29) is 10.8 Å². The Morgan fingerprint density at radius 1 is 1.35 bits per heavy atom. The minimum Gasteiger partial charge on any atom is -0.396 e. The van der Waals surface area contributed by atoms with Gasteiger partial charge in [-0.3, -0.25) is 0 Å². The summed E-state index contributed by atoms with van der Waals surface area (Å²) in [6, 6.07) is 2.21. The first-order chi connectivity index (χ1) is 8.04. The summed E-state index contributed by atoms with van der Waals surface area (Å²) in [6.07, 6.45) is 6.35. The van der Waals surface area contributed by atoms with E-state index in [1.165, 1.54) is 12.8 Å². The van der Waals surface area contributed by atoms with Crippen molar-refractivity contribution in [1.82, 2.24) is 5.32 Å². The van der Waals surface area contributed by atoms with E-state index < -0.39 is 0 Å². The van der Waals surface area contributed by atoms with Crippen molar-refractivity contribution in [2.45, 2.75) is 52.4 Å². The third kappa shape index (κ3) is 4.65. The molecule has 3 heteroatoms. The average Bonchev–Trinajstić information content (AvgIpc) is 2.76. The van der Waals surface area contributed by atoms with Crippen molar-refractivity contribution >= 4 is 0 Å². The van der Waals surface area contributed by atoms with E-state index in [0.29, 0.717) is 13.0 Å². The van der Waals surface area contributed by atoms with Crippen LogP contribution >= 0.6 is 0 Å². The van der Waals surface area contributed by atoms with Crippen LogP contribution in [0.4, 0.5) is 0 Å². The maximum atomic E-state index is 9.50. The SMILES string of the molecule is CC(C)(CCC#N)CNCC1(CO)CCCC1. The zero-order chi connectivity index (χ0) is 12.8. The lowest BCUT2D eigenvalue weighted by molar-refractivity contribution is 0.124. The van der Waals surface area contributed by atoms with Crippen molar-refractivity contribution < 1.29 is 5.11 Å². The molecular weight excluding hydrogens is 212 g/mol. The van der Waals surface area contributed by atoms with Crippen molar-refractivity contribution in [2.24, 2.45) is 10.8 Å². The molecule has 1 rings (SSSR count). The summed E-state index contributed by atoms with van der Waals surface area (Å²) in [5, 5.41) is 21.6. The lowest BCUT2D eigenvalue weighted by Gasteiger charge is -2.30. The van der Waals surface area contributed by atoms with Crippen molar-refractivity contribution in [3.8, 4) is 6.07 Å². The van der Waals surface area contributed by atoms with Gasteiger partial charge in [0.25, 0.3) is 0 Å². The monoisotopic (exact) mass is 238 g/mol. The molecule has 1 aliphatic rings. The number of nitrogens with one attached hydrogen (secondary N) is 1. The summed E-state index contributed by atoms with van der Waals surface area (Å²) in [6.45, 7) is 6.53. The Morgan fingerprint density at radius 2 is 2.00 bits per heavy atom. The van der Waals surface area contributed by atoms with Crippen LogP contribution in [0.15, 0.2) is 0 Å². The zero-order valence-corrected chi connectivity index (χ0v) is 11.3. The van der Waals surface area contributed by atoms with Crippen molar-refractivity contribution in [3.63, 3.8) is 0 Å². The van der Waals surface area contributed by atoms with Crippen LogP contribution in [0, 0.1) is 22.2 Å². The zero-order valence-electron chi connectivity index (χ0n) is 11.3. The number of hydrogen-bond donors (Lipinski definition) is 2. The van der Waals surface area contributed by atoms with Crippen LogP contribution in [0.25, 0.3) is 0 Å². The Balaban J connectivity index is 2.28. The van der Waals surface area contributed by atoms with Crippen LogP contribution in [-0.4, -0.2) is 24.8 Å². The molecular formula is C14H26N2O.